The molecular weight excluding hydrogens is 408 g/mol. The normalized spacial score (nSPS) is 10.5. The van der Waals surface area contributed by atoms with E-state index in [4.69, 9.17) is 41.4 Å². The Bertz CT molecular complexity index is 432. The molecule has 0 aromatic carbocycles. The number of carboxylic acids is 4. The van der Waals surface area contributed by atoms with Crippen LogP contribution in [-0.2, 0) is 28.7 Å². The molecule has 0 rings (SSSR count). The van der Waals surface area contributed by atoms with Crippen LogP contribution < -0.4 is 11.5 Å². The summed E-state index contributed by atoms with van der Waals surface area (Å²) in [7, 11) is 0. The summed E-state index contributed by atoms with van der Waals surface area (Å²) in [5.41, 5.74) is 10.2. The average Bonchev–Trinajstić information content (AvgIpc) is 2.60. The molecule has 0 saturated heterocycles. The maximum absolute atomic E-state index is 10.6. The van der Waals surface area contributed by atoms with Crippen LogP contribution in [0.15, 0.2) is 0 Å². The van der Waals surface area contributed by atoms with Crippen LogP contribution in [0.1, 0.15) is 0 Å². The van der Waals surface area contributed by atoms with Crippen LogP contribution in [0.4, 0.5) is 0 Å². The van der Waals surface area contributed by atoms with Crippen LogP contribution in [0.2, 0.25) is 0 Å². The highest BCUT2D eigenvalue weighted by Gasteiger charge is 2.14. The lowest BCUT2D eigenvalue weighted by Gasteiger charge is -2.20. The van der Waals surface area contributed by atoms with Crippen molar-refractivity contribution in [2.45, 2.75) is 0 Å². The number of rotatable bonds is 18. The minimum Gasteiger partial charge on any atom is -0.480 e. The molecule has 0 heterocycles. The quantitative estimate of drug-likeness (QED) is 0.116. The number of hydrogen-bond acceptors (Lipinski definition) is 10. The van der Waals surface area contributed by atoms with E-state index >= 15 is 0 Å². The fourth-order valence-corrected chi connectivity index (χ4v) is 1.95. The van der Waals surface area contributed by atoms with Gasteiger partial charge in [0.05, 0.1) is 52.6 Å². The van der Waals surface area contributed by atoms with Gasteiger partial charge >= 0.3 is 23.9 Å². The molecule has 0 radical (unpaired) electrons. The van der Waals surface area contributed by atoms with Gasteiger partial charge in [-0.2, -0.15) is 0 Å². The first-order valence-corrected chi connectivity index (χ1v) is 8.99. The first-order chi connectivity index (χ1) is 14.1. The number of hydrogen-bond donors (Lipinski definition) is 6. The fourth-order valence-electron chi connectivity index (χ4n) is 1.95. The molecule has 30 heavy (non-hydrogen) atoms. The lowest BCUT2D eigenvalue weighted by Crippen LogP contribution is -2.38. The van der Waals surface area contributed by atoms with Crippen LogP contribution in [0, 0.1) is 0 Å². The lowest BCUT2D eigenvalue weighted by molar-refractivity contribution is -0.143. The van der Waals surface area contributed by atoms with Crippen molar-refractivity contribution in [3.05, 3.63) is 0 Å². The van der Waals surface area contributed by atoms with E-state index in [0.717, 1.165) is 9.80 Å². The molecule has 0 aliphatic carbocycles. The van der Waals surface area contributed by atoms with Crippen molar-refractivity contribution in [2.24, 2.45) is 11.5 Å². The zero-order valence-corrected chi connectivity index (χ0v) is 16.8. The molecule has 0 fully saturated rings. The Morgan fingerprint density at radius 3 is 1.07 bits per heavy atom. The van der Waals surface area contributed by atoms with Gasteiger partial charge in [0.2, 0.25) is 0 Å². The summed E-state index contributed by atoms with van der Waals surface area (Å²) >= 11 is 0. The topological polar surface area (TPSA) is 226 Å². The van der Waals surface area contributed by atoms with Crippen LogP contribution in [-0.4, -0.2) is 133 Å². The van der Waals surface area contributed by atoms with Gasteiger partial charge in [0.15, 0.2) is 0 Å². The van der Waals surface area contributed by atoms with Crippen molar-refractivity contribution in [3.8, 4) is 0 Å². The molecule has 14 heteroatoms. The Labute approximate surface area is 173 Å². The molecule has 14 nitrogen and oxygen atoms in total. The maximum Gasteiger partial charge on any atom is 0.317 e. The third-order valence-electron chi connectivity index (χ3n) is 3.06. The van der Waals surface area contributed by atoms with E-state index in [1.54, 1.807) is 0 Å². The van der Waals surface area contributed by atoms with Gasteiger partial charge in [0.1, 0.15) is 0 Å². The fraction of sp³-hybridized carbons (Fsp3) is 0.750. The zero-order valence-electron chi connectivity index (χ0n) is 16.8. The smallest absolute Gasteiger partial charge is 0.317 e. The Kier molecular flexibility index (Phi) is 19.8. The van der Waals surface area contributed by atoms with Gasteiger partial charge in [0.25, 0.3) is 0 Å². The highest BCUT2D eigenvalue weighted by molar-refractivity contribution is 5.73. The minimum atomic E-state index is -1.17. The first kappa shape index (κ1) is 29.8. The second-order valence-corrected chi connectivity index (χ2v) is 5.80. The van der Waals surface area contributed by atoms with E-state index in [0.29, 0.717) is 26.3 Å². The average molecular weight is 440 g/mol. The number of nitrogens with zero attached hydrogens (tertiary/aromatic N) is 2. The number of carbonyl (C=O) groups is 4. The Morgan fingerprint density at radius 1 is 0.567 bits per heavy atom. The van der Waals surface area contributed by atoms with Crippen molar-refractivity contribution in [1.82, 2.24) is 9.80 Å². The predicted octanol–water partition coefficient (Wildman–Crippen LogP) is -3.13. The second-order valence-electron chi connectivity index (χ2n) is 5.80. The summed E-state index contributed by atoms with van der Waals surface area (Å²) in [6.07, 6.45) is 0. The Morgan fingerprint density at radius 2 is 0.833 bits per heavy atom. The van der Waals surface area contributed by atoms with Crippen LogP contribution >= 0.6 is 0 Å². The highest BCUT2D eigenvalue weighted by atomic mass is 16.5. The molecule has 176 valence electrons. The van der Waals surface area contributed by atoms with E-state index < -0.39 is 50.1 Å². The van der Waals surface area contributed by atoms with Crippen molar-refractivity contribution in [3.63, 3.8) is 0 Å². The van der Waals surface area contributed by atoms with Crippen LogP contribution in [0.5, 0.6) is 0 Å². The standard InChI is InChI=1S/C12H20N2O9.C4H12N2O/c15-9(16)5-13(6-10(17)18)1-3-23-4-2-14(7-11(19)20)8-12(21)22;5-1-3-7-4-2-6/h1-8H2,(H,15,16)(H,17,18)(H,19,20)(H,21,22);1-6H2. The first-order valence-electron chi connectivity index (χ1n) is 8.99. The van der Waals surface area contributed by atoms with E-state index in [2.05, 4.69) is 0 Å². The van der Waals surface area contributed by atoms with Crippen molar-refractivity contribution < 1.29 is 49.1 Å². The van der Waals surface area contributed by atoms with Gasteiger partial charge in [-0.25, -0.2) is 0 Å². The van der Waals surface area contributed by atoms with E-state index in [1.807, 2.05) is 0 Å². The summed E-state index contributed by atoms with van der Waals surface area (Å²) in [6.45, 7) is 0.837. The second kappa shape index (κ2) is 19.9. The number of aliphatic carboxylic acids is 4. The lowest BCUT2D eigenvalue weighted by atomic mass is 10.4. The summed E-state index contributed by atoms with van der Waals surface area (Å²) in [5.74, 6) is -4.67. The van der Waals surface area contributed by atoms with E-state index in [-0.39, 0.29) is 26.3 Å². The van der Waals surface area contributed by atoms with E-state index in [9.17, 15) is 19.2 Å². The van der Waals surface area contributed by atoms with Gasteiger partial charge < -0.3 is 41.4 Å². The molecule has 0 bridgehead atoms. The van der Waals surface area contributed by atoms with Crippen LogP contribution in [0.3, 0.4) is 0 Å². The molecule has 0 atom stereocenters. The summed E-state index contributed by atoms with van der Waals surface area (Å²) in [5, 5.41) is 34.6. The molecule has 0 spiro atoms. The van der Waals surface area contributed by atoms with Crippen molar-refractivity contribution in [1.29, 1.82) is 0 Å². The molecule has 0 unspecified atom stereocenters. The van der Waals surface area contributed by atoms with Crippen molar-refractivity contribution >= 4 is 23.9 Å². The molecule has 8 N–H and O–H groups in total. The monoisotopic (exact) mass is 440 g/mol. The van der Waals surface area contributed by atoms with Gasteiger partial charge in [-0.15, -0.1) is 0 Å². The van der Waals surface area contributed by atoms with E-state index in [1.165, 1.54) is 0 Å². The summed E-state index contributed by atoms with van der Waals surface area (Å²) < 4.78 is 10.0. The minimum absolute atomic E-state index is 0.0363. The summed E-state index contributed by atoms with van der Waals surface area (Å²) in [6, 6.07) is 0. The number of nitrogens with two attached hydrogens (primary N) is 2. The van der Waals surface area contributed by atoms with Crippen LogP contribution in [0.25, 0.3) is 0 Å². The molecule has 0 aromatic rings. The third kappa shape index (κ3) is 23.7. The Balaban J connectivity index is 0. The molecule has 0 aliphatic heterocycles. The Hall–Kier alpha value is -2.36. The SMILES string of the molecule is NCCOCCN.O=C(O)CN(CCOCCN(CC(=O)O)CC(=O)O)CC(=O)O. The highest BCUT2D eigenvalue weighted by Crippen LogP contribution is 1.92. The predicted molar refractivity (Wildman–Crippen MR) is 103 cm³/mol. The molecule has 0 saturated carbocycles. The zero-order chi connectivity index (χ0) is 23.4. The molecular formula is C16H32N4O10. The number of carboxylic acid groups (broad SMARTS) is 4. The maximum atomic E-state index is 10.6. The summed E-state index contributed by atoms with van der Waals surface area (Å²) in [4.78, 5) is 44.7. The van der Waals surface area contributed by atoms with Gasteiger partial charge in [-0.3, -0.25) is 29.0 Å². The molecule has 0 aliphatic rings. The number of ether oxygens (including phenoxy) is 2. The van der Waals surface area contributed by atoms with Crippen molar-refractivity contribution in [2.75, 3.05) is 78.8 Å². The van der Waals surface area contributed by atoms with Gasteiger partial charge in [-0.05, 0) is 0 Å². The van der Waals surface area contributed by atoms with Gasteiger partial charge in [0, 0.05) is 26.2 Å². The largest absolute Gasteiger partial charge is 0.480 e. The third-order valence-corrected chi connectivity index (χ3v) is 3.06. The van der Waals surface area contributed by atoms with Gasteiger partial charge in [-0.1, -0.05) is 0 Å². The molecule has 0 aromatic heterocycles. The molecule has 0 amide bonds.